The quantitative estimate of drug-likeness (QED) is 0.849. The molecule has 0 aromatic carbocycles. The fraction of sp³-hybridized carbons (Fsp3) is 0.727. The lowest BCUT2D eigenvalue weighted by Gasteiger charge is -2.11. The minimum absolute atomic E-state index is 0.00534. The van der Waals surface area contributed by atoms with Crippen molar-refractivity contribution in [3.05, 3.63) is 11.7 Å². The molecule has 1 aromatic heterocycles. The van der Waals surface area contributed by atoms with Crippen molar-refractivity contribution in [1.82, 2.24) is 10.1 Å². The van der Waals surface area contributed by atoms with E-state index in [1.807, 2.05) is 27.7 Å². The van der Waals surface area contributed by atoms with Gasteiger partial charge in [0.1, 0.15) is 0 Å². The highest BCUT2D eigenvalue weighted by Crippen LogP contribution is 2.19. The Morgan fingerprint density at radius 1 is 1.50 bits per heavy atom. The molecular weight excluding hydrogens is 208 g/mol. The summed E-state index contributed by atoms with van der Waals surface area (Å²) >= 11 is 0. The van der Waals surface area contributed by atoms with Crippen LogP contribution in [0.1, 0.15) is 45.8 Å². The summed E-state index contributed by atoms with van der Waals surface area (Å²) < 4.78 is 5.09. The van der Waals surface area contributed by atoms with Gasteiger partial charge in [0.15, 0.2) is 5.82 Å². The van der Waals surface area contributed by atoms with Gasteiger partial charge in [0, 0.05) is 18.3 Å². The van der Waals surface area contributed by atoms with Gasteiger partial charge in [0.25, 0.3) is 0 Å². The van der Waals surface area contributed by atoms with E-state index < -0.39 is 5.97 Å². The fourth-order valence-electron chi connectivity index (χ4n) is 1.31. The molecule has 1 rings (SSSR count). The summed E-state index contributed by atoms with van der Waals surface area (Å²) in [5, 5.41) is 12.5. The Morgan fingerprint density at radius 3 is 2.56 bits per heavy atom. The third kappa shape index (κ3) is 3.64. The highest BCUT2D eigenvalue weighted by Gasteiger charge is 2.21. The van der Waals surface area contributed by atoms with E-state index in [1.54, 1.807) is 0 Å². The van der Waals surface area contributed by atoms with Gasteiger partial charge in [-0.3, -0.25) is 4.79 Å². The average molecular weight is 226 g/mol. The third-order valence-electron chi connectivity index (χ3n) is 2.19. The minimum atomic E-state index is -0.803. The molecule has 0 aliphatic heterocycles. The van der Waals surface area contributed by atoms with E-state index in [9.17, 15) is 4.79 Å². The molecule has 16 heavy (non-hydrogen) atoms. The maximum Gasteiger partial charge on any atom is 0.303 e. The molecule has 5 nitrogen and oxygen atoms in total. The van der Waals surface area contributed by atoms with Gasteiger partial charge in [0.05, 0.1) is 0 Å². The number of hydrogen-bond acceptors (Lipinski definition) is 4. The van der Waals surface area contributed by atoms with Gasteiger partial charge in [-0.25, -0.2) is 0 Å². The zero-order chi connectivity index (χ0) is 12.3. The molecule has 1 heterocycles. The van der Waals surface area contributed by atoms with Crippen molar-refractivity contribution in [1.29, 1.82) is 0 Å². The number of rotatable bonds is 4. The van der Waals surface area contributed by atoms with Crippen LogP contribution in [0.5, 0.6) is 0 Å². The van der Waals surface area contributed by atoms with E-state index in [0.29, 0.717) is 18.1 Å². The largest absolute Gasteiger partial charge is 0.481 e. The van der Waals surface area contributed by atoms with Gasteiger partial charge in [-0.15, -0.1) is 0 Å². The molecule has 0 saturated heterocycles. The molecule has 1 aromatic rings. The van der Waals surface area contributed by atoms with Crippen LogP contribution in [0.4, 0.5) is 0 Å². The van der Waals surface area contributed by atoms with Gasteiger partial charge < -0.3 is 9.63 Å². The summed E-state index contributed by atoms with van der Waals surface area (Å²) in [5.41, 5.74) is -0.141. The molecule has 0 fully saturated rings. The van der Waals surface area contributed by atoms with Crippen LogP contribution in [0.25, 0.3) is 0 Å². The zero-order valence-corrected chi connectivity index (χ0v) is 10.1. The molecule has 90 valence electrons. The van der Waals surface area contributed by atoms with Crippen molar-refractivity contribution >= 4 is 5.97 Å². The molecule has 0 amide bonds. The summed E-state index contributed by atoms with van der Waals surface area (Å²) in [6.45, 7) is 7.86. The monoisotopic (exact) mass is 226 g/mol. The number of carbonyl (C=O) groups is 1. The Kier molecular flexibility index (Phi) is 3.67. The topological polar surface area (TPSA) is 76.2 Å². The van der Waals surface area contributed by atoms with Crippen LogP contribution in [0.2, 0.25) is 0 Å². The van der Waals surface area contributed by atoms with Crippen molar-refractivity contribution < 1.29 is 14.4 Å². The summed E-state index contributed by atoms with van der Waals surface area (Å²) in [4.78, 5) is 14.8. The predicted molar refractivity (Wildman–Crippen MR) is 58.1 cm³/mol. The molecule has 0 spiro atoms. The van der Waals surface area contributed by atoms with Crippen LogP contribution in [0.15, 0.2) is 4.52 Å². The smallest absolute Gasteiger partial charge is 0.303 e. The molecule has 0 aliphatic rings. The number of carboxylic acids is 1. The molecule has 0 aliphatic carbocycles. The number of carboxylic acid groups (broad SMARTS) is 1. The molecule has 1 N–H and O–H groups in total. The van der Waals surface area contributed by atoms with E-state index in [4.69, 9.17) is 9.63 Å². The third-order valence-corrected chi connectivity index (χ3v) is 2.19. The first-order valence-corrected chi connectivity index (χ1v) is 5.34. The highest BCUT2D eigenvalue weighted by molar-refractivity contribution is 5.66. The predicted octanol–water partition coefficient (Wildman–Crippen LogP) is 2.02. The van der Waals surface area contributed by atoms with Crippen molar-refractivity contribution in [2.24, 2.45) is 5.92 Å². The Bertz CT molecular complexity index is 366. The molecule has 1 unspecified atom stereocenters. The first-order valence-electron chi connectivity index (χ1n) is 5.34. The Balaban J connectivity index is 2.62. The van der Waals surface area contributed by atoms with Crippen LogP contribution in [0, 0.1) is 5.92 Å². The van der Waals surface area contributed by atoms with Gasteiger partial charge in [-0.2, -0.15) is 4.98 Å². The molecule has 0 radical (unpaired) electrons. The first-order chi connectivity index (χ1) is 7.29. The van der Waals surface area contributed by atoms with E-state index in [2.05, 4.69) is 10.1 Å². The highest BCUT2D eigenvalue weighted by atomic mass is 16.5. The first kappa shape index (κ1) is 12.7. The van der Waals surface area contributed by atoms with Gasteiger partial charge >= 0.3 is 5.97 Å². The summed E-state index contributed by atoms with van der Waals surface area (Å²) in [5.74, 6) is 0.373. The summed E-state index contributed by atoms with van der Waals surface area (Å²) in [7, 11) is 0. The lowest BCUT2D eigenvalue weighted by atomic mass is 9.96. The van der Waals surface area contributed by atoms with Crippen LogP contribution in [-0.4, -0.2) is 21.2 Å². The van der Waals surface area contributed by atoms with Crippen molar-refractivity contribution in [3.63, 3.8) is 0 Å². The second-order valence-corrected chi connectivity index (χ2v) is 5.17. The van der Waals surface area contributed by atoms with E-state index in [0.717, 1.165) is 0 Å². The average Bonchev–Trinajstić information content (AvgIpc) is 2.49. The lowest BCUT2D eigenvalue weighted by Crippen LogP contribution is -2.13. The normalized spacial score (nSPS) is 13.8. The minimum Gasteiger partial charge on any atom is -0.481 e. The van der Waals surface area contributed by atoms with Crippen LogP contribution >= 0.6 is 0 Å². The van der Waals surface area contributed by atoms with Gasteiger partial charge in [0.2, 0.25) is 5.89 Å². The fourth-order valence-corrected chi connectivity index (χ4v) is 1.31. The second-order valence-electron chi connectivity index (χ2n) is 5.17. The number of aromatic nitrogens is 2. The zero-order valence-electron chi connectivity index (χ0n) is 10.1. The van der Waals surface area contributed by atoms with E-state index >= 15 is 0 Å². The number of aliphatic carboxylic acids is 1. The Labute approximate surface area is 94.9 Å². The van der Waals surface area contributed by atoms with Gasteiger partial charge in [-0.1, -0.05) is 32.9 Å². The van der Waals surface area contributed by atoms with Gasteiger partial charge in [-0.05, 0) is 5.92 Å². The van der Waals surface area contributed by atoms with Crippen molar-refractivity contribution in [2.75, 3.05) is 0 Å². The summed E-state index contributed by atoms with van der Waals surface area (Å²) in [6.07, 6.45) is 0.628. The standard InChI is InChI=1S/C11H18N2O3/c1-7(6-9(14)15)5-8-12-10(13-16-8)11(2,3)4/h7H,5-6H2,1-4H3,(H,14,15). The maximum absolute atomic E-state index is 10.5. The second kappa shape index (κ2) is 4.63. The SMILES string of the molecule is CC(CC(=O)O)Cc1nc(C(C)(C)C)no1. The van der Waals surface area contributed by atoms with Crippen molar-refractivity contribution in [3.8, 4) is 0 Å². The molecule has 1 atom stereocenters. The van der Waals surface area contributed by atoms with Crippen LogP contribution in [0.3, 0.4) is 0 Å². The van der Waals surface area contributed by atoms with Crippen LogP contribution < -0.4 is 0 Å². The molecule has 0 bridgehead atoms. The Morgan fingerprint density at radius 2 is 2.12 bits per heavy atom. The Hall–Kier alpha value is -1.39. The summed E-state index contributed by atoms with van der Waals surface area (Å²) in [6, 6.07) is 0. The number of nitrogens with zero attached hydrogens (tertiary/aromatic N) is 2. The van der Waals surface area contributed by atoms with Crippen LogP contribution in [-0.2, 0) is 16.6 Å². The molecule has 0 saturated carbocycles. The molecule has 5 heteroatoms. The van der Waals surface area contributed by atoms with E-state index in [1.165, 1.54) is 0 Å². The lowest BCUT2D eigenvalue weighted by molar-refractivity contribution is -0.137. The number of hydrogen-bond donors (Lipinski definition) is 1. The van der Waals surface area contributed by atoms with E-state index in [-0.39, 0.29) is 17.8 Å². The molecular formula is C11H18N2O3. The maximum atomic E-state index is 10.5. The van der Waals surface area contributed by atoms with Crippen molar-refractivity contribution in [2.45, 2.75) is 46.0 Å².